The fraction of sp³-hybridized carbons (Fsp3) is 0.0714. The summed E-state index contributed by atoms with van der Waals surface area (Å²) in [7, 11) is 0. The average Bonchev–Trinajstić information content (AvgIpc) is 2.26. The third-order valence-electron chi connectivity index (χ3n) is 2.38. The van der Waals surface area contributed by atoms with Crippen LogP contribution in [0.3, 0.4) is 0 Å². The van der Waals surface area contributed by atoms with Gasteiger partial charge >= 0.3 is 0 Å². The van der Waals surface area contributed by atoms with Crippen molar-refractivity contribution < 1.29 is 0 Å². The van der Waals surface area contributed by atoms with Crippen molar-refractivity contribution in [1.82, 2.24) is 0 Å². The van der Waals surface area contributed by atoms with Crippen LogP contribution in [0, 0.1) is 6.92 Å². The van der Waals surface area contributed by atoms with Crippen LogP contribution in [0.2, 0.25) is 0 Å². The summed E-state index contributed by atoms with van der Waals surface area (Å²) in [5.74, 6) is 0. The third-order valence-corrected chi connectivity index (χ3v) is 2.38. The fourth-order valence-corrected chi connectivity index (χ4v) is 1.68. The molecule has 0 heteroatoms. The van der Waals surface area contributed by atoms with Gasteiger partial charge in [-0.3, -0.25) is 0 Å². The van der Waals surface area contributed by atoms with Gasteiger partial charge in [-0.05, 0) is 29.7 Å². The molecule has 69 valence electrons. The van der Waals surface area contributed by atoms with E-state index in [0.29, 0.717) is 0 Å². The Morgan fingerprint density at radius 1 is 1.00 bits per heavy atom. The van der Waals surface area contributed by atoms with Gasteiger partial charge in [0.05, 0.1) is 0 Å². The summed E-state index contributed by atoms with van der Waals surface area (Å²) in [4.78, 5) is 0. The van der Waals surface area contributed by atoms with E-state index >= 15 is 0 Å². The smallest absolute Gasteiger partial charge is 0.00913 e. The average molecular weight is 181 g/mol. The van der Waals surface area contributed by atoms with Crippen molar-refractivity contribution in [2.75, 3.05) is 0 Å². The number of rotatable bonds is 2. The van der Waals surface area contributed by atoms with Gasteiger partial charge in [0, 0.05) is 0 Å². The third kappa shape index (κ3) is 1.69. The van der Waals surface area contributed by atoms with Gasteiger partial charge in [0.2, 0.25) is 0 Å². The lowest BCUT2D eigenvalue weighted by atomic mass is 10.0. The van der Waals surface area contributed by atoms with E-state index in [2.05, 4.69) is 55.5 Å². The Labute approximate surface area is 84.9 Å². The summed E-state index contributed by atoms with van der Waals surface area (Å²) in [6.07, 6.45) is 4.90. The van der Waals surface area contributed by atoms with E-state index in [9.17, 15) is 0 Å². The largest absolute Gasteiger partial charge is 0.0879 e. The molecule has 0 saturated heterocycles. The minimum atomic E-state index is 0.963. The predicted molar refractivity (Wildman–Crippen MR) is 62.1 cm³/mol. The van der Waals surface area contributed by atoms with Gasteiger partial charge in [0.15, 0.2) is 0 Å². The van der Waals surface area contributed by atoms with Crippen molar-refractivity contribution in [3.63, 3.8) is 0 Å². The molecule has 0 aliphatic rings. The molecule has 0 atom stereocenters. The van der Waals surface area contributed by atoms with Gasteiger partial charge < -0.3 is 0 Å². The van der Waals surface area contributed by atoms with Crippen LogP contribution in [0.15, 0.2) is 54.6 Å². The van der Waals surface area contributed by atoms with Gasteiger partial charge in [-0.2, -0.15) is 0 Å². The van der Waals surface area contributed by atoms with E-state index in [-0.39, 0.29) is 0 Å². The second kappa shape index (κ2) is 4.10. The van der Waals surface area contributed by atoms with Crippen molar-refractivity contribution in [2.24, 2.45) is 0 Å². The number of hydrogen-bond donors (Lipinski definition) is 0. The van der Waals surface area contributed by atoms with Crippen molar-refractivity contribution in [3.8, 4) is 0 Å². The van der Waals surface area contributed by atoms with Crippen LogP contribution < -0.4 is 0 Å². The van der Waals surface area contributed by atoms with Gasteiger partial charge in [0.25, 0.3) is 0 Å². The van der Waals surface area contributed by atoms with Crippen molar-refractivity contribution in [3.05, 3.63) is 67.1 Å². The number of benzene rings is 2. The molecule has 0 aliphatic carbocycles. The summed E-state index contributed by atoms with van der Waals surface area (Å²) in [6, 6.07) is 14.9. The zero-order chi connectivity index (χ0) is 9.80. The Hall–Kier alpha value is -1.56. The molecule has 0 spiro atoms. The first kappa shape index (κ1) is 9.01. The van der Waals surface area contributed by atoms with Crippen LogP contribution in [0.5, 0.6) is 0 Å². The van der Waals surface area contributed by atoms with E-state index in [1.54, 1.807) is 0 Å². The van der Waals surface area contributed by atoms with Crippen LogP contribution in [0.1, 0.15) is 5.56 Å². The minimum absolute atomic E-state index is 0.963. The van der Waals surface area contributed by atoms with E-state index < -0.39 is 0 Å². The van der Waals surface area contributed by atoms with E-state index in [1.807, 2.05) is 6.08 Å². The highest BCUT2D eigenvalue weighted by molar-refractivity contribution is 5.85. The fourth-order valence-electron chi connectivity index (χ4n) is 1.68. The number of allylic oxidation sites excluding steroid dienone is 2. The summed E-state index contributed by atoms with van der Waals surface area (Å²) in [6.45, 7) is 3.70. The molecule has 0 fully saturated rings. The highest BCUT2D eigenvalue weighted by Crippen LogP contribution is 2.18. The van der Waals surface area contributed by atoms with E-state index in [4.69, 9.17) is 0 Å². The minimum Gasteiger partial charge on any atom is -0.0879 e. The Morgan fingerprint density at radius 2 is 1.79 bits per heavy atom. The zero-order valence-electron chi connectivity index (χ0n) is 8.11. The second-order valence-electron chi connectivity index (χ2n) is 3.31. The maximum Gasteiger partial charge on any atom is -0.00913 e. The molecule has 2 aromatic carbocycles. The monoisotopic (exact) mass is 181 g/mol. The Balaban J connectivity index is 2.53. The standard InChI is InChI=1S/C14H13/c1-2-3-7-12-9-6-10-13-8-4-5-11-14(12)13/h2-6,8-11H,1,7H2. The quantitative estimate of drug-likeness (QED) is 0.661. The first-order chi connectivity index (χ1) is 6.92. The van der Waals surface area contributed by atoms with Gasteiger partial charge in [-0.15, -0.1) is 0 Å². The molecule has 2 rings (SSSR count). The lowest BCUT2D eigenvalue weighted by Gasteiger charge is -2.03. The first-order valence-corrected chi connectivity index (χ1v) is 4.82. The predicted octanol–water partition coefficient (Wildman–Crippen LogP) is 3.77. The Morgan fingerprint density at radius 3 is 2.64 bits per heavy atom. The molecule has 2 aromatic rings. The highest BCUT2D eigenvalue weighted by Gasteiger charge is 1.96. The molecule has 0 aliphatic heterocycles. The Bertz CT molecular complexity index is 447. The van der Waals surface area contributed by atoms with Crippen LogP contribution in [0.25, 0.3) is 10.8 Å². The molecular formula is C14H13. The lowest BCUT2D eigenvalue weighted by molar-refractivity contribution is 1.30. The first-order valence-electron chi connectivity index (χ1n) is 4.82. The summed E-state index contributed by atoms with van der Waals surface area (Å²) in [5.41, 5.74) is 1.36. The maximum atomic E-state index is 3.70. The van der Waals surface area contributed by atoms with Crippen LogP contribution in [-0.2, 0) is 6.42 Å². The normalized spacial score (nSPS) is 11.2. The molecule has 0 nitrogen and oxygen atoms in total. The molecule has 0 heterocycles. The number of fused-ring (bicyclic) bond motifs is 1. The second-order valence-corrected chi connectivity index (χ2v) is 3.31. The molecule has 0 bridgehead atoms. The van der Waals surface area contributed by atoms with Crippen LogP contribution in [0.4, 0.5) is 0 Å². The van der Waals surface area contributed by atoms with E-state index in [1.165, 1.54) is 16.3 Å². The summed E-state index contributed by atoms with van der Waals surface area (Å²) < 4.78 is 0. The topological polar surface area (TPSA) is 0 Å². The molecule has 0 amide bonds. The molecule has 0 N–H and O–H groups in total. The maximum absolute atomic E-state index is 3.70. The molecule has 14 heavy (non-hydrogen) atoms. The Kier molecular flexibility index (Phi) is 2.64. The van der Waals surface area contributed by atoms with Crippen molar-refractivity contribution in [2.45, 2.75) is 6.42 Å². The number of hydrogen-bond acceptors (Lipinski definition) is 0. The van der Waals surface area contributed by atoms with Gasteiger partial charge in [-0.25, -0.2) is 0 Å². The van der Waals surface area contributed by atoms with Gasteiger partial charge in [-0.1, -0.05) is 54.6 Å². The lowest BCUT2D eigenvalue weighted by Crippen LogP contribution is -1.83. The van der Waals surface area contributed by atoms with Crippen molar-refractivity contribution in [1.29, 1.82) is 0 Å². The zero-order valence-corrected chi connectivity index (χ0v) is 8.11. The van der Waals surface area contributed by atoms with Crippen LogP contribution >= 0.6 is 0 Å². The molecule has 1 radical (unpaired) electrons. The molecule has 0 saturated carbocycles. The summed E-state index contributed by atoms with van der Waals surface area (Å²) in [5, 5.41) is 2.65. The van der Waals surface area contributed by atoms with Crippen LogP contribution in [-0.4, -0.2) is 0 Å². The van der Waals surface area contributed by atoms with E-state index in [0.717, 1.165) is 6.42 Å². The van der Waals surface area contributed by atoms with Crippen molar-refractivity contribution >= 4 is 10.8 Å². The molecule has 0 aromatic heterocycles. The summed E-state index contributed by atoms with van der Waals surface area (Å²) >= 11 is 0. The molecular weight excluding hydrogens is 168 g/mol. The highest BCUT2D eigenvalue weighted by atomic mass is 14.0. The SMILES string of the molecule is [CH2]C=CCc1cccc2ccccc12. The van der Waals surface area contributed by atoms with Gasteiger partial charge in [0.1, 0.15) is 0 Å². The molecule has 0 unspecified atom stereocenters.